The van der Waals surface area contributed by atoms with Gasteiger partial charge in [-0.3, -0.25) is 4.79 Å². The molecule has 0 radical (unpaired) electrons. The Labute approximate surface area is 174 Å². The van der Waals surface area contributed by atoms with Gasteiger partial charge in [-0.2, -0.15) is 0 Å². The molecule has 5 nitrogen and oxygen atoms in total. The summed E-state index contributed by atoms with van der Waals surface area (Å²) in [5.74, 6) is -1.28. The molecule has 1 amide bonds. The van der Waals surface area contributed by atoms with Crippen molar-refractivity contribution < 1.29 is 23.8 Å². The molecule has 0 saturated heterocycles. The molecule has 0 aliphatic carbocycles. The molecule has 3 aromatic rings. The molecule has 0 fully saturated rings. The molecular formula is C24H22FNO4. The number of carboxylic acids is 1. The minimum atomic E-state index is -1.03. The lowest BCUT2D eigenvalue weighted by Gasteiger charge is -2.15. The van der Waals surface area contributed by atoms with Gasteiger partial charge in [0.15, 0.2) is 0 Å². The van der Waals surface area contributed by atoms with Crippen LogP contribution in [-0.4, -0.2) is 24.1 Å². The van der Waals surface area contributed by atoms with Gasteiger partial charge >= 0.3 is 5.97 Å². The summed E-state index contributed by atoms with van der Waals surface area (Å²) in [7, 11) is 1.51. The van der Waals surface area contributed by atoms with E-state index in [1.165, 1.54) is 31.4 Å². The van der Waals surface area contributed by atoms with Gasteiger partial charge in [-0.25, -0.2) is 9.18 Å². The van der Waals surface area contributed by atoms with Gasteiger partial charge in [0.25, 0.3) is 5.91 Å². The average Bonchev–Trinajstić information content (AvgIpc) is 2.71. The van der Waals surface area contributed by atoms with Crippen molar-refractivity contribution in [3.63, 3.8) is 0 Å². The van der Waals surface area contributed by atoms with Gasteiger partial charge in [-0.15, -0.1) is 0 Å². The van der Waals surface area contributed by atoms with Crippen LogP contribution in [0.2, 0.25) is 0 Å². The highest BCUT2D eigenvalue weighted by molar-refractivity contribution is 6.07. The van der Waals surface area contributed by atoms with Crippen LogP contribution in [0.25, 0.3) is 11.1 Å². The van der Waals surface area contributed by atoms with Gasteiger partial charge in [-0.05, 0) is 79.4 Å². The number of nitrogens with one attached hydrogen (secondary N) is 1. The van der Waals surface area contributed by atoms with Crippen LogP contribution in [0.3, 0.4) is 0 Å². The fourth-order valence-corrected chi connectivity index (χ4v) is 3.35. The number of amides is 1. The fourth-order valence-electron chi connectivity index (χ4n) is 3.35. The van der Waals surface area contributed by atoms with E-state index in [0.29, 0.717) is 39.3 Å². The smallest absolute Gasteiger partial charge is 0.335 e. The predicted molar refractivity (Wildman–Crippen MR) is 114 cm³/mol. The largest absolute Gasteiger partial charge is 0.497 e. The third-order valence-corrected chi connectivity index (χ3v) is 4.98. The molecule has 0 saturated carbocycles. The normalized spacial score (nSPS) is 10.6. The number of halogens is 1. The maximum Gasteiger partial charge on any atom is 0.335 e. The lowest BCUT2D eigenvalue weighted by molar-refractivity contribution is 0.0696. The summed E-state index contributed by atoms with van der Waals surface area (Å²) in [6.07, 6.45) is 0. The van der Waals surface area contributed by atoms with E-state index in [-0.39, 0.29) is 11.5 Å². The molecule has 2 N–H and O–H groups in total. The first kappa shape index (κ1) is 21.0. The minimum Gasteiger partial charge on any atom is -0.497 e. The van der Waals surface area contributed by atoms with Crippen LogP contribution in [0.1, 0.15) is 37.4 Å². The van der Waals surface area contributed by atoms with Crippen molar-refractivity contribution in [1.29, 1.82) is 0 Å². The van der Waals surface area contributed by atoms with Crippen LogP contribution in [0.15, 0.2) is 48.5 Å². The number of methoxy groups -OCH3 is 1. The molecule has 0 spiro atoms. The number of carbonyl (C=O) groups is 2. The van der Waals surface area contributed by atoms with E-state index in [9.17, 15) is 19.1 Å². The number of hydrogen-bond acceptors (Lipinski definition) is 3. The van der Waals surface area contributed by atoms with Crippen molar-refractivity contribution in [2.45, 2.75) is 20.8 Å². The molecular weight excluding hydrogens is 385 g/mol. The van der Waals surface area contributed by atoms with Crippen LogP contribution in [0.5, 0.6) is 5.75 Å². The monoisotopic (exact) mass is 407 g/mol. The summed E-state index contributed by atoms with van der Waals surface area (Å²) in [6.45, 7) is 5.28. The molecule has 0 aliphatic heterocycles. The Hall–Kier alpha value is -3.67. The number of carboxylic acid groups (broad SMARTS) is 1. The maximum atomic E-state index is 14.4. The van der Waals surface area contributed by atoms with E-state index < -0.39 is 11.8 Å². The Morgan fingerprint density at radius 2 is 1.60 bits per heavy atom. The standard InChI is InChI=1S/C24H22FNO4/c1-13-5-6-16(20-12-18(30-4)7-8-21(20)25)11-19(13)23(27)26-22-14(2)9-17(24(28)29)10-15(22)3/h5-12H,1-4H3,(H,26,27)(H,28,29). The van der Waals surface area contributed by atoms with E-state index in [1.807, 2.05) is 0 Å². The molecule has 0 aromatic heterocycles. The number of hydrogen-bond donors (Lipinski definition) is 2. The van der Waals surface area contributed by atoms with Crippen LogP contribution in [0.4, 0.5) is 10.1 Å². The number of ether oxygens (including phenoxy) is 1. The summed E-state index contributed by atoms with van der Waals surface area (Å²) in [5, 5.41) is 12.1. The minimum absolute atomic E-state index is 0.162. The molecule has 0 bridgehead atoms. The van der Waals surface area contributed by atoms with Gasteiger partial charge < -0.3 is 15.2 Å². The van der Waals surface area contributed by atoms with Gasteiger partial charge in [0.1, 0.15) is 11.6 Å². The zero-order valence-corrected chi connectivity index (χ0v) is 17.2. The van der Waals surface area contributed by atoms with Gasteiger partial charge in [0, 0.05) is 16.8 Å². The Morgan fingerprint density at radius 3 is 2.20 bits per heavy atom. The van der Waals surface area contributed by atoms with E-state index in [2.05, 4.69) is 5.32 Å². The van der Waals surface area contributed by atoms with Crippen molar-refractivity contribution in [2.75, 3.05) is 12.4 Å². The third kappa shape index (κ3) is 4.17. The van der Waals surface area contributed by atoms with E-state index >= 15 is 0 Å². The number of benzene rings is 3. The lowest BCUT2D eigenvalue weighted by Crippen LogP contribution is -2.16. The van der Waals surface area contributed by atoms with Gasteiger partial charge in [0.2, 0.25) is 0 Å². The first-order chi connectivity index (χ1) is 14.2. The third-order valence-electron chi connectivity index (χ3n) is 4.98. The molecule has 3 aromatic carbocycles. The predicted octanol–water partition coefficient (Wildman–Crippen LogP) is 5.38. The molecule has 154 valence electrons. The quantitative estimate of drug-likeness (QED) is 0.596. The molecule has 3 rings (SSSR count). The Kier molecular flexibility index (Phi) is 5.87. The summed E-state index contributed by atoms with van der Waals surface area (Å²) < 4.78 is 19.6. The zero-order chi connectivity index (χ0) is 22.0. The molecule has 6 heteroatoms. The maximum absolute atomic E-state index is 14.4. The second kappa shape index (κ2) is 8.37. The van der Waals surface area contributed by atoms with Crippen molar-refractivity contribution in [3.05, 3.63) is 82.2 Å². The summed E-state index contributed by atoms with van der Waals surface area (Å²) in [5.41, 5.74) is 4.03. The first-order valence-electron chi connectivity index (χ1n) is 9.31. The highest BCUT2D eigenvalue weighted by Crippen LogP contribution is 2.29. The summed E-state index contributed by atoms with van der Waals surface area (Å²) in [6, 6.07) is 12.6. The number of aromatic carboxylic acids is 1. The number of carbonyl (C=O) groups excluding carboxylic acids is 1. The van der Waals surface area contributed by atoms with Crippen LogP contribution >= 0.6 is 0 Å². The lowest BCUT2D eigenvalue weighted by atomic mass is 9.98. The van der Waals surface area contributed by atoms with E-state index in [4.69, 9.17) is 4.74 Å². The summed E-state index contributed by atoms with van der Waals surface area (Å²) >= 11 is 0. The number of aryl methyl sites for hydroxylation is 3. The van der Waals surface area contributed by atoms with Gasteiger partial charge in [0.05, 0.1) is 12.7 Å². The van der Waals surface area contributed by atoms with Crippen molar-refractivity contribution in [3.8, 4) is 16.9 Å². The van der Waals surface area contributed by atoms with Crippen molar-refractivity contribution in [1.82, 2.24) is 0 Å². The molecule has 0 unspecified atom stereocenters. The number of anilines is 1. The molecule has 0 aliphatic rings. The van der Waals surface area contributed by atoms with Crippen molar-refractivity contribution >= 4 is 17.6 Å². The average molecular weight is 407 g/mol. The first-order valence-corrected chi connectivity index (χ1v) is 9.31. The fraction of sp³-hybridized carbons (Fsp3) is 0.167. The molecule has 30 heavy (non-hydrogen) atoms. The molecule has 0 heterocycles. The van der Waals surface area contributed by atoms with Crippen LogP contribution in [0, 0.1) is 26.6 Å². The summed E-state index contributed by atoms with van der Waals surface area (Å²) in [4.78, 5) is 24.2. The van der Waals surface area contributed by atoms with E-state index in [1.54, 1.807) is 45.0 Å². The van der Waals surface area contributed by atoms with Crippen LogP contribution in [-0.2, 0) is 0 Å². The number of rotatable bonds is 5. The highest BCUT2D eigenvalue weighted by Gasteiger charge is 2.16. The SMILES string of the molecule is COc1ccc(F)c(-c2ccc(C)c(C(=O)Nc3c(C)cc(C(=O)O)cc3C)c2)c1. The van der Waals surface area contributed by atoms with Gasteiger partial charge in [-0.1, -0.05) is 12.1 Å². The Morgan fingerprint density at radius 1 is 0.933 bits per heavy atom. The van der Waals surface area contributed by atoms with E-state index in [0.717, 1.165) is 5.56 Å². The highest BCUT2D eigenvalue weighted by atomic mass is 19.1. The zero-order valence-electron chi connectivity index (χ0n) is 17.2. The second-order valence-electron chi connectivity index (χ2n) is 7.12. The van der Waals surface area contributed by atoms with Crippen LogP contribution < -0.4 is 10.1 Å². The second-order valence-corrected chi connectivity index (χ2v) is 7.12. The van der Waals surface area contributed by atoms with Crippen molar-refractivity contribution in [2.24, 2.45) is 0 Å². The Balaban J connectivity index is 1.98. The topological polar surface area (TPSA) is 75.6 Å². The Bertz CT molecular complexity index is 1130. The molecule has 0 atom stereocenters.